The van der Waals surface area contributed by atoms with Crippen molar-refractivity contribution < 1.29 is 19.1 Å². The third-order valence-electron chi connectivity index (χ3n) is 4.44. The lowest BCUT2D eigenvalue weighted by Gasteiger charge is -2.18. The van der Waals surface area contributed by atoms with Crippen molar-refractivity contribution in [1.29, 1.82) is 0 Å². The Balaban J connectivity index is 1.94. The molecule has 2 N–H and O–H groups in total. The van der Waals surface area contributed by atoms with Gasteiger partial charge < -0.3 is 14.8 Å². The normalized spacial score (nSPS) is 12.1. The van der Waals surface area contributed by atoms with Gasteiger partial charge in [-0.3, -0.25) is 9.59 Å². The van der Waals surface area contributed by atoms with E-state index >= 15 is 0 Å². The maximum atomic E-state index is 12.7. The number of benzene rings is 2. The smallest absolute Gasteiger partial charge is 0.252 e. The Hall–Kier alpha value is -3.35. The zero-order chi connectivity index (χ0) is 22.8. The summed E-state index contributed by atoms with van der Waals surface area (Å²) >= 11 is 0. The maximum Gasteiger partial charge on any atom is 0.252 e. The van der Waals surface area contributed by atoms with Crippen LogP contribution >= 0.6 is 0 Å². The van der Waals surface area contributed by atoms with Gasteiger partial charge in [-0.1, -0.05) is 27.7 Å². The molecule has 0 aliphatic rings. The van der Waals surface area contributed by atoms with E-state index in [2.05, 4.69) is 29.7 Å². The lowest BCUT2D eigenvalue weighted by Crippen LogP contribution is -2.39. The van der Waals surface area contributed by atoms with Crippen LogP contribution in [-0.4, -0.2) is 31.7 Å². The fraction of sp³-hybridized carbons (Fsp3) is 0.375. The standard InChI is InChI=1S/C24H31N3O4/c1-16(2)15-31-21-10-6-18(7-11-21)14-25-27-24(29)22(17(3)4)23(28)26-19-8-12-20(30-5)13-9-19/h6-14,16-17,22H,15H2,1-5H3,(H,26,28)(H,27,29). The van der Waals surface area contributed by atoms with E-state index in [0.717, 1.165) is 11.3 Å². The molecular formula is C24H31N3O4. The summed E-state index contributed by atoms with van der Waals surface area (Å²) in [5.41, 5.74) is 3.87. The van der Waals surface area contributed by atoms with Gasteiger partial charge in [0.05, 0.1) is 19.9 Å². The van der Waals surface area contributed by atoms with Crippen LogP contribution in [0.25, 0.3) is 0 Å². The number of anilines is 1. The number of ether oxygens (including phenoxy) is 2. The van der Waals surface area contributed by atoms with Crippen molar-refractivity contribution in [3.05, 3.63) is 54.1 Å². The van der Waals surface area contributed by atoms with Crippen LogP contribution in [0.5, 0.6) is 11.5 Å². The lowest BCUT2D eigenvalue weighted by atomic mass is 9.94. The van der Waals surface area contributed by atoms with E-state index in [0.29, 0.717) is 24.0 Å². The van der Waals surface area contributed by atoms with E-state index in [4.69, 9.17) is 9.47 Å². The first kappa shape index (κ1) is 23.9. The van der Waals surface area contributed by atoms with Crippen molar-refractivity contribution in [3.8, 4) is 11.5 Å². The summed E-state index contributed by atoms with van der Waals surface area (Å²) in [4.78, 5) is 25.2. The number of hydrazone groups is 1. The third-order valence-corrected chi connectivity index (χ3v) is 4.44. The van der Waals surface area contributed by atoms with Gasteiger partial charge in [0.1, 0.15) is 17.4 Å². The number of hydrogen-bond donors (Lipinski definition) is 2. The molecule has 7 heteroatoms. The Morgan fingerprint density at radius 3 is 2.10 bits per heavy atom. The topological polar surface area (TPSA) is 89.0 Å². The van der Waals surface area contributed by atoms with Gasteiger partial charge in [0, 0.05) is 5.69 Å². The van der Waals surface area contributed by atoms with Crippen LogP contribution in [0.15, 0.2) is 53.6 Å². The first-order valence-corrected chi connectivity index (χ1v) is 10.3. The fourth-order valence-electron chi connectivity index (χ4n) is 2.77. The first-order valence-electron chi connectivity index (χ1n) is 10.3. The van der Waals surface area contributed by atoms with E-state index in [1.54, 1.807) is 31.4 Å². The molecule has 0 aliphatic carbocycles. The van der Waals surface area contributed by atoms with Gasteiger partial charge in [0.25, 0.3) is 5.91 Å². The fourth-order valence-corrected chi connectivity index (χ4v) is 2.77. The monoisotopic (exact) mass is 425 g/mol. The van der Waals surface area contributed by atoms with Crippen molar-refractivity contribution in [2.45, 2.75) is 27.7 Å². The molecule has 2 aromatic rings. The second kappa shape index (κ2) is 11.7. The van der Waals surface area contributed by atoms with Gasteiger partial charge in [-0.05, 0) is 65.9 Å². The largest absolute Gasteiger partial charge is 0.497 e. The summed E-state index contributed by atoms with van der Waals surface area (Å²) in [6.45, 7) is 8.46. The molecule has 2 aromatic carbocycles. The minimum atomic E-state index is -0.883. The third kappa shape index (κ3) is 7.77. The molecule has 0 radical (unpaired) electrons. The minimum absolute atomic E-state index is 0.203. The Bertz CT molecular complexity index is 875. The molecular weight excluding hydrogens is 394 g/mol. The van der Waals surface area contributed by atoms with Crippen LogP contribution in [0.4, 0.5) is 5.69 Å². The predicted octanol–water partition coefficient (Wildman–Crippen LogP) is 4.09. The highest BCUT2D eigenvalue weighted by molar-refractivity contribution is 6.06. The van der Waals surface area contributed by atoms with E-state index in [-0.39, 0.29) is 11.8 Å². The molecule has 0 saturated heterocycles. The molecule has 0 fully saturated rings. The number of carbonyl (C=O) groups is 2. The van der Waals surface area contributed by atoms with Crippen molar-refractivity contribution in [2.24, 2.45) is 22.9 Å². The highest BCUT2D eigenvalue weighted by atomic mass is 16.5. The summed E-state index contributed by atoms with van der Waals surface area (Å²) in [7, 11) is 1.57. The second-order valence-corrected chi connectivity index (χ2v) is 7.95. The van der Waals surface area contributed by atoms with Crippen LogP contribution < -0.4 is 20.2 Å². The molecule has 166 valence electrons. The quantitative estimate of drug-likeness (QED) is 0.341. The Labute approximate surface area is 183 Å². The number of nitrogens with one attached hydrogen (secondary N) is 2. The Morgan fingerprint density at radius 2 is 1.55 bits per heavy atom. The number of hydrogen-bond acceptors (Lipinski definition) is 5. The molecule has 2 amide bonds. The van der Waals surface area contributed by atoms with Gasteiger partial charge >= 0.3 is 0 Å². The van der Waals surface area contributed by atoms with Crippen LogP contribution in [-0.2, 0) is 9.59 Å². The van der Waals surface area contributed by atoms with Crippen LogP contribution in [0.3, 0.4) is 0 Å². The molecule has 0 aromatic heterocycles. The molecule has 7 nitrogen and oxygen atoms in total. The number of nitrogens with zero attached hydrogens (tertiary/aromatic N) is 1. The maximum absolute atomic E-state index is 12.7. The summed E-state index contributed by atoms with van der Waals surface area (Å²) in [5, 5.41) is 6.77. The van der Waals surface area contributed by atoms with Crippen molar-refractivity contribution in [3.63, 3.8) is 0 Å². The zero-order valence-electron chi connectivity index (χ0n) is 18.7. The number of rotatable bonds is 10. The van der Waals surface area contributed by atoms with Gasteiger partial charge in [0.15, 0.2) is 0 Å². The van der Waals surface area contributed by atoms with Gasteiger partial charge in [-0.15, -0.1) is 0 Å². The predicted molar refractivity (Wildman–Crippen MR) is 122 cm³/mol. The molecule has 1 unspecified atom stereocenters. The van der Waals surface area contributed by atoms with Crippen molar-refractivity contribution >= 4 is 23.7 Å². The van der Waals surface area contributed by atoms with E-state index < -0.39 is 11.8 Å². The second-order valence-electron chi connectivity index (χ2n) is 7.95. The van der Waals surface area contributed by atoms with Crippen LogP contribution in [0, 0.1) is 17.8 Å². The zero-order valence-corrected chi connectivity index (χ0v) is 18.7. The average molecular weight is 426 g/mol. The number of amides is 2. The molecule has 0 saturated carbocycles. The Kier molecular flexibility index (Phi) is 9.06. The molecule has 0 spiro atoms. The minimum Gasteiger partial charge on any atom is -0.497 e. The first-order chi connectivity index (χ1) is 14.8. The lowest BCUT2D eigenvalue weighted by molar-refractivity contribution is -0.134. The molecule has 2 rings (SSSR count). The number of methoxy groups -OCH3 is 1. The van der Waals surface area contributed by atoms with Crippen LogP contribution in [0.2, 0.25) is 0 Å². The van der Waals surface area contributed by atoms with E-state index in [1.165, 1.54) is 6.21 Å². The summed E-state index contributed by atoms with van der Waals surface area (Å²) in [6, 6.07) is 14.3. The molecule has 0 bridgehead atoms. The average Bonchev–Trinajstić information content (AvgIpc) is 2.73. The molecule has 0 heterocycles. The summed E-state index contributed by atoms with van der Waals surface area (Å²) in [5.74, 6) is -0.0205. The SMILES string of the molecule is COc1ccc(NC(=O)C(C(=O)NN=Cc2ccc(OCC(C)C)cc2)C(C)C)cc1. The van der Waals surface area contributed by atoms with Gasteiger partial charge in [-0.2, -0.15) is 5.10 Å². The van der Waals surface area contributed by atoms with Crippen molar-refractivity contribution in [2.75, 3.05) is 19.0 Å². The van der Waals surface area contributed by atoms with Crippen molar-refractivity contribution in [1.82, 2.24) is 5.43 Å². The van der Waals surface area contributed by atoms with Gasteiger partial charge in [-0.25, -0.2) is 5.43 Å². The van der Waals surface area contributed by atoms with E-state index in [1.807, 2.05) is 38.1 Å². The molecule has 1 atom stereocenters. The number of carbonyl (C=O) groups excluding carboxylic acids is 2. The molecule has 31 heavy (non-hydrogen) atoms. The van der Waals surface area contributed by atoms with Crippen LogP contribution in [0.1, 0.15) is 33.3 Å². The van der Waals surface area contributed by atoms with Gasteiger partial charge in [0.2, 0.25) is 5.91 Å². The molecule has 0 aliphatic heterocycles. The summed E-state index contributed by atoms with van der Waals surface area (Å²) < 4.78 is 10.8. The van der Waals surface area contributed by atoms with E-state index in [9.17, 15) is 9.59 Å². The summed E-state index contributed by atoms with van der Waals surface area (Å²) in [6.07, 6.45) is 1.53. The Morgan fingerprint density at radius 1 is 0.935 bits per heavy atom. The highest BCUT2D eigenvalue weighted by Gasteiger charge is 2.29. The highest BCUT2D eigenvalue weighted by Crippen LogP contribution is 2.18.